The predicted octanol–water partition coefficient (Wildman–Crippen LogP) is 24.9. The Morgan fingerprint density at radius 3 is 1.28 bits per heavy atom. The molecule has 0 atom stereocenters. The van der Waals surface area contributed by atoms with Gasteiger partial charge >= 0.3 is 0 Å². The van der Waals surface area contributed by atoms with Gasteiger partial charge in [-0.3, -0.25) is 4.57 Å². The summed E-state index contributed by atoms with van der Waals surface area (Å²) in [5.74, 6) is 3.99. The van der Waals surface area contributed by atoms with Crippen LogP contribution in [-0.4, -0.2) is 47.8 Å². The van der Waals surface area contributed by atoms with E-state index >= 15 is 0 Å². The van der Waals surface area contributed by atoms with E-state index in [1.807, 2.05) is 209 Å². The topological polar surface area (TPSA) is 108 Å². The highest BCUT2D eigenvalue weighted by atomic mass is 15.1. The predicted molar refractivity (Wildman–Crippen MR) is 569 cm³/mol. The Kier molecular flexibility index (Phi) is 18.3. The minimum absolute atomic E-state index is 0.176. The van der Waals surface area contributed by atoms with E-state index in [1.54, 1.807) is 12.3 Å². The Hall–Kier alpha value is -15.2. The lowest BCUT2D eigenvalue weighted by atomic mass is 9.91. The molecule has 11 aromatic carbocycles. The third-order valence-corrected chi connectivity index (χ3v) is 29.8. The van der Waals surface area contributed by atoms with Gasteiger partial charge < -0.3 is 18.3 Å². The largest absolute Gasteiger partial charge is 0.303 e. The normalized spacial score (nSPS) is 14.7. The van der Waals surface area contributed by atoms with E-state index in [1.165, 1.54) is 61.0 Å². The van der Waals surface area contributed by atoms with Crippen molar-refractivity contribution in [3.05, 3.63) is 396 Å². The van der Waals surface area contributed by atoms with E-state index in [2.05, 4.69) is 226 Å². The molecule has 0 aliphatic carbocycles. The molecule has 694 valence electrons. The molecule has 21 aromatic rings. The van der Waals surface area contributed by atoms with Crippen LogP contribution < -0.4 is 22.8 Å². The summed E-state index contributed by atoms with van der Waals surface area (Å²) in [6, 6.07) is 74.1. The molecule has 15 heterocycles. The highest BCUT2D eigenvalue weighted by molar-refractivity contribution is 5.90. The molecule has 0 saturated heterocycles. The summed E-state index contributed by atoms with van der Waals surface area (Å²) in [5.41, 5.74) is 41.7. The van der Waals surface area contributed by atoms with Gasteiger partial charge in [0.15, 0.2) is 0 Å². The summed E-state index contributed by atoms with van der Waals surface area (Å²) < 4.78 is 145. The minimum Gasteiger partial charge on any atom is -0.303 e. The average Bonchev–Trinajstić information content (AvgIpc) is 1.61. The molecule has 0 amide bonds. The first-order valence-corrected chi connectivity index (χ1v) is 48.3. The van der Waals surface area contributed by atoms with Crippen LogP contribution in [0.5, 0.6) is 0 Å². The zero-order valence-electron chi connectivity index (χ0n) is 98.0. The molecular formula is C125H124N15+5. The molecular weight excluding hydrogens is 1710 g/mol. The average molecular weight is 1850 g/mol. The number of aromatic nitrogens is 15. The van der Waals surface area contributed by atoms with Crippen LogP contribution in [0.15, 0.2) is 249 Å². The third kappa shape index (κ3) is 14.8. The molecule has 0 spiro atoms. The molecule has 26 rings (SSSR count). The number of hydrogen-bond donors (Lipinski definition) is 0. The standard InChI is InChI=1S/C27H30N3.C26H28N3.C25H20N3.C25H26N3.C22H20N3/c1-16(2)12-20-8-7-9-23-21(20)10-11-24(29(23)6)27-19(5)17(3)13-25-22(27)14-26-28-18(4)15-30(25)26;1-15(2)19-8-7-9-22-20(19)10-11-23(28(22)6)26-18(5)16(3)12-24-21(26)13-25-27-17(4)14-29(24)25;1-16-11-13-21-18(15-24-26-19-8-4-6-10-22(19)28(21)24)25(16)23-14-12-17-7-3-5-9-20(17)27(23)2;1-14-8-7-9-20-24(14)16(3)11-22(27(20)6)25-18(5)15(2)10-21-19(25)12-23-26-17(4)13-28(21)23;1-14-12-20-17(13-21-23-10-11-25(20)21)22(15(14)2)19-9-8-16-6-4-5-7-18(16)24(19)3/h7-11,13,15-16H,12,14H2,1-6H3;7-12,14-15H,13H2,1-6H3;3-14H,15H2,1-2H3;7-11,13H,12H2,1-6H3;4-12H,13H2,1-3H3/q5*+1/i3D3,12D2;3D3,15D;;2D3;1D3. The second-order valence-corrected chi connectivity index (χ2v) is 39.1. The van der Waals surface area contributed by atoms with Crippen LogP contribution in [0.4, 0.5) is 0 Å². The fourth-order valence-electron chi connectivity index (χ4n) is 22.9. The fourth-order valence-corrected chi connectivity index (χ4v) is 22.9. The lowest BCUT2D eigenvalue weighted by Crippen LogP contribution is -2.33. The number of fused-ring (bicyclic) bond motifs is 22. The van der Waals surface area contributed by atoms with Gasteiger partial charge in [0, 0.05) is 166 Å². The van der Waals surface area contributed by atoms with Crippen LogP contribution in [0.3, 0.4) is 0 Å². The number of aryl methyl sites for hydroxylation is 15. The zero-order valence-corrected chi connectivity index (χ0v) is 83.0. The van der Waals surface area contributed by atoms with Gasteiger partial charge in [0.05, 0.1) is 89.8 Å². The molecule has 0 unspecified atom stereocenters. The lowest BCUT2D eigenvalue weighted by Gasteiger charge is -2.16. The summed E-state index contributed by atoms with van der Waals surface area (Å²) in [7, 11) is 10.3. The van der Waals surface area contributed by atoms with Crippen molar-refractivity contribution in [1.29, 1.82) is 0 Å². The molecule has 0 fully saturated rings. The van der Waals surface area contributed by atoms with Crippen molar-refractivity contribution >= 4 is 65.5 Å². The summed E-state index contributed by atoms with van der Waals surface area (Å²) in [5, 5.41) is 5.57. The first kappa shape index (κ1) is 74.0. The Bertz CT molecular complexity index is 9500. The molecule has 5 aliphatic rings. The van der Waals surface area contributed by atoms with Crippen LogP contribution in [0.2, 0.25) is 0 Å². The summed E-state index contributed by atoms with van der Waals surface area (Å²) in [6.45, 7) is 18.8. The van der Waals surface area contributed by atoms with Crippen molar-refractivity contribution in [2.45, 2.75) is 169 Å². The van der Waals surface area contributed by atoms with Crippen LogP contribution in [0, 0.1) is 103 Å². The maximum atomic E-state index is 8.68. The van der Waals surface area contributed by atoms with Gasteiger partial charge in [0.2, 0.25) is 56.1 Å². The smallest absolute Gasteiger partial charge is 0.213 e. The van der Waals surface area contributed by atoms with Gasteiger partial charge in [-0.15, -0.1) is 0 Å². The molecule has 15 nitrogen and oxygen atoms in total. The molecule has 5 aliphatic heterocycles. The Balaban J connectivity index is 0.000000109. The molecule has 15 heteroatoms. The van der Waals surface area contributed by atoms with E-state index in [-0.39, 0.29) is 5.92 Å². The maximum absolute atomic E-state index is 8.68. The molecule has 10 aromatic heterocycles. The first-order chi connectivity index (χ1) is 73.3. The van der Waals surface area contributed by atoms with E-state index in [4.69, 9.17) is 25.5 Å². The van der Waals surface area contributed by atoms with Crippen molar-refractivity contribution in [1.82, 2.24) is 47.8 Å². The van der Waals surface area contributed by atoms with Crippen LogP contribution >= 0.6 is 0 Å². The van der Waals surface area contributed by atoms with E-state index in [9.17, 15) is 0 Å². The van der Waals surface area contributed by atoms with Crippen molar-refractivity contribution in [3.8, 4) is 84.7 Å². The Labute approximate surface area is 842 Å². The number of hydrogen-bond acceptors (Lipinski definition) is 5. The Morgan fingerprint density at radius 2 is 0.757 bits per heavy atom. The molecule has 0 saturated carbocycles. The van der Waals surface area contributed by atoms with Crippen molar-refractivity contribution in [2.75, 3.05) is 0 Å². The Morgan fingerprint density at radius 1 is 0.343 bits per heavy atom. The van der Waals surface area contributed by atoms with Crippen molar-refractivity contribution in [2.24, 2.45) is 41.2 Å². The number of pyridine rings is 5. The molecule has 140 heavy (non-hydrogen) atoms. The first-order valence-electron chi connectivity index (χ1n) is 55.8. The maximum Gasteiger partial charge on any atom is 0.213 e. The number of nitrogens with zero attached hydrogens (tertiary/aromatic N) is 15. The number of para-hydroxylation sites is 4. The second kappa shape index (κ2) is 34.7. The van der Waals surface area contributed by atoms with Crippen molar-refractivity contribution in [3.63, 3.8) is 0 Å². The highest BCUT2D eigenvalue weighted by Gasteiger charge is 2.37. The number of benzene rings is 11. The molecule has 0 N–H and O–H groups in total. The highest BCUT2D eigenvalue weighted by Crippen LogP contribution is 2.47. The summed E-state index contributed by atoms with van der Waals surface area (Å²) in [4.78, 5) is 23.4. The van der Waals surface area contributed by atoms with Gasteiger partial charge in [-0.1, -0.05) is 107 Å². The third-order valence-electron chi connectivity index (χ3n) is 29.8. The van der Waals surface area contributed by atoms with Gasteiger partial charge in [-0.25, -0.2) is 24.9 Å². The van der Waals surface area contributed by atoms with Crippen LogP contribution in [0.25, 0.3) is 150 Å². The lowest BCUT2D eigenvalue weighted by molar-refractivity contribution is -0.633. The van der Waals surface area contributed by atoms with Gasteiger partial charge in [-0.2, -0.15) is 22.8 Å². The minimum atomic E-state index is -2.25. The van der Waals surface area contributed by atoms with Gasteiger partial charge in [-0.05, 0) is 294 Å². The second-order valence-electron chi connectivity index (χ2n) is 39.1. The van der Waals surface area contributed by atoms with Gasteiger partial charge in [0.1, 0.15) is 64.4 Å². The molecule has 0 radical (unpaired) electrons. The van der Waals surface area contributed by atoms with E-state index < -0.39 is 39.7 Å². The van der Waals surface area contributed by atoms with E-state index in [0.717, 1.165) is 214 Å². The fraction of sp³-hybridized carbons (Fsp3) is 0.248. The summed E-state index contributed by atoms with van der Waals surface area (Å²) >= 11 is 0. The zero-order chi connectivity index (χ0) is 110. The number of rotatable bonds is 8. The van der Waals surface area contributed by atoms with Crippen molar-refractivity contribution < 1.29 is 43.4 Å². The monoisotopic (exact) mass is 1850 g/mol. The van der Waals surface area contributed by atoms with Crippen LogP contribution in [0.1, 0.15) is 200 Å². The quantitative estimate of drug-likeness (QED) is 0.141. The van der Waals surface area contributed by atoms with E-state index in [0.29, 0.717) is 53.5 Å². The summed E-state index contributed by atoms with van der Waals surface area (Å²) in [6.07, 6.45) is 11.7. The number of imidazole rings is 5. The van der Waals surface area contributed by atoms with Gasteiger partial charge in [0.25, 0.3) is 0 Å². The SMILES string of the molecule is Cc1ccc2c(c1-c1ccc3ccccc3[n+]1C)Cc1nc3ccccc3n1-2.[2H]C([2H])([2H])c1cc2c(c(-c3cc(C)c4c(C)cccc4[n+]3C)c1C)Cc1nc(C)cn1-2.[2H]C([2H])([2H])c1cc2c(c(-c3ccc4c(C([2H])(C)C)cccc4[n+]3C)c1C)Cc1nc(C)cn1-2.[2H]C([2H])([2H])c1cc2c(c(-c3ccc4c(C([2H])([2H])C(C)C)cccc4[n+]3C)c1C)Cc1nc(C)cn1-2.[2H]C([2H])([2H])c1cc2c(c(-c3ccc4ccccc4[n+]3C)c1C)Cc1nccn1-2. The molecule has 0 bridgehead atoms. The van der Waals surface area contributed by atoms with Crippen LogP contribution in [-0.2, 0) is 73.7 Å².